The number of nitrogens with one attached hydrogen (secondary N) is 1. The molecular formula is C14H26N4O. The third kappa shape index (κ3) is 3.28. The van der Waals surface area contributed by atoms with Crippen LogP contribution in [-0.4, -0.2) is 48.7 Å². The largest absolute Gasteiger partial charge is 0.383 e. The van der Waals surface area contributed by atoms with E-state index < -0.39 is 0 Å². The van der Waals surface area contributed by atoms with Crippen LogP contribution in [0.5, 0.6) is 0 Å². The van der Waals surface area contributed by atoms with E-state index in [4.69, 9.17) is 4.74 Å². The van der Waals surface area contributed by atoms with Crippen LogP contribution in [0.1, 0.15) is 26.7 Å². The molecule has 19 heavy (non-hydrogen) atoms. The van der Waals surface area contributed by atoms with Crippen molar-refractivity contribution in [1.29, 1.82) is 0 Å². The van der Waals surface area contributed by atoms with Gasteiger partial charge in [0.1, 0.15) is 0 Å². The first-order chi connectivity index (χ1) is 9.23. The lowest BCUT2D eigenvalue weighted by atomic mass is 9.90. The van der Waals surface area contributed by atoms with E-state index in [1.54, 1.807) is 7.11 Å². The Kier molecular flexibility index (Phi) is 4.82. The van der Waals surface area contributed by atoms with Crippen molar-refractivity contribution in [3.05, 3.63) is 12.4 Å². The van der Waals surface area contributed by atoms with Crippen LogP contribution in [0, 0.1) is 0 Å². The number of ether oxygens (including phenoxy) is 1. The average Bonchev–Trinajstić information content (AvgIpc) is 2.94. The fraction of sp³-hybridized carbons (Fsp3) is 0.786. The summed E-state index contributed by atoms with van der Waals surface area (Å²) in [5.41, 5.74) is 1.48. The van der Waals surface area contributed by atoms with Gasteiger partial charge in [-0.15, -0.1) is 0 Å². The molecule has 0 aromatic carbocycles. The van der Waals surface area contributed by atoms with Crippen LogP contribution in [0.2, 0.25) is 0 Å². The van der Waals surface area contributed by atoms with Crippen LogP contribution >= 0.6 is 0 Å². The van der Waals surface area contributed by atoms with Gasteiger partial charge in [0.2, 0.25) is 0 Å². The molecule has 1 aromatic rings. The van der Waals surface area contributed by atoms with Gasteiger partial charge in [-0.1, -0.05) is 13.8 Å². The zero-order valence-corrected chi connectivity index (χ0v) is 12.4. The van der Waals surface area contributed by atoms with Gasteiger partial charge in [0.15, 0.2) is 0 Å². The predicted octanol–water partition coefficient (Wildman–Crippen LogP) is 1.50. The van der Waals surface area contributed by atoms with Crippen LogP contribution in [0.3, 0.4) is 0 Å². The highest BCUT2D eigenvalue weighted by Gasteiger charge is 2.32. The zero-order chi connectivity index (χ0) is 13.7. The number of nitrogens with zero attached hydrogens (tertiary/aromatic N) is 3. The van der Waals surface area contributed by atoms with Crippen LogP contribution in [0.15, 0.2) is 12.4 Å². The van der Waals surface area contributed by atoms with Gasteiger partial charge in [0.05, 0.1) is 25.0 Å². The molecule has 1 aromatic heterocycles. The molecule has 1 aliphatic rings. The molecule has 1 N–H and O–H groups in total. The number of aromatic nitrogens is 2. The number of methoxy groups -OCH3 is 1. The number of hydrogen-bond donors (Lipinski definition) is 1. The van der Waals surface area contributed by atoms with Crippen LogP contribution in [-0.2, 0) is 11.3 Å². The van der Waals surface area contributed by atoms with Gasteiger partial charge in [-0.3, -0.25) is 4.68 Å². The molecule has 1 aliphatic heterocycles. The molecule has 0 unspecified atom stereocenters. The van der Waals surface area contributed by atoms with Crippen molar-refractivity contribution >= 4 is 5.69 Å². The summed E-state index contributed by atoms with van der Waals surface area (Å²) in [6, 6.07) is 0. The van der Waals surface area contributed by atoms with E-state index in [0.717, 1.165) is 39.0 Å². The summed E-state index contributed by atoms with van der Waals surface area (Å²) < 4.78 is 7.04. The lowest BCUT2D eigenvalue weighted by Gasteiger charge is -2.43. The molecule has 0 saturated carbocycles. The number of piperazine rings is 1. The van der Waals surface area contributed by atoms with Crippen molar-refractivity contribution in [3.63, 3.8) is 0 Å². The Labute approximate surface area is 115 Å². The molecule has 0 radical (unpaired) electrons. The normalized spacial score (nSPS) is 18.8. The first-order valence-corrected chi connectivity index (χ1v) is 7.24. The molecule has 5 nitrogen and oxygen atoms in total. The Balaban J connectivity index is 2.02. The molecule has 1 saturated heterocycles. The summed E-state index contributed by atoms with van der Waals surface area (Å²) in [5, 5.41) is 8.09. The van der Waals surface area contributed by atoms with Crippen LogP contribution < -0.4 is 10.2 Å². The van der Waals surface area contributed by atoms with Gasteiger partial charge in [-0.2, -0.15) is 5.10 Å². The second-order valence-corrected chi connectivity index (χ2v) is 5.29. The van der Waals surface area contributed by atoms with Crippen LogP contribution in [0.4, 0.5) is 5.69 Å². The molecule has 0 amide bonds. The van der Waals surface area contributed by atoms with Gasteiger partial charge < -0.3 is 15.0 Å². The van der Waals surface area contributed by atoms with Crippen LogP contribution in [0.25, 0.3) is 0 Å². The maximum Gasteiger partial charge on any atom is 0.0753 e. The van der Waals surface area contributed by atoms with Crippen molar-refractivity contribution in [1.82, 2.24) is 15.1 Å². The zero-order valence-electron chi connectivity index (χ0n) is 12.4. The first-order valence-electron chi connectivity index (χ1n) is 7.24. The third-order valence-corrected chi connectivity index (χ3v) is 4.24. The lowest BCUT2D eigenvalue weighted by Crippen LogP contribution is -2.60. The van der Waals surface area contributed by atoms with Gasteiger partial charge >= 0.3 is 0 Å². The number of hydrogen-bond acceptors (Lipinski definition) is 4. The Morgan fingerprint density at radius 3 is 2.89 bits per heavy atom. The minimum Gasteiger partial charge on any atom is -0.383 e. The maximum absolute atomic E-state index is 5.08. The molecular weight excluding hydrogens is 240 g/mol. The van der Waals surface area contributed by atoms with Gasteiger partial charge in [-0.25, -0.2) is 0 Å². The first kappa shape index (κ1) is 14.3. The Hall–Kier alpha value is -1.07. The SMILES string of the molecule is CCC1(CC)CN(c2cnn(CCOC)c2)CCN1. The van der Waals surface area contributed by atoms with E-state index in [2.05, 4.69) is 35.4 Å². The Morgan fingerprint density at radius 1 is 1.42 bits per heavy atom. The van der Waals surface area contributed by atoms with Gasteiger partial charge in [0, 0.05) is 38.5 Å². The highest BCUT2D eigenvalue weighted by atomic mass is 16.5. The highest BCUT2D eigenvalue weighted by Crippen LogP contribution is 2.24. The topological polar surface area (TPSA) is 42.3 Å². The summed E-state index contributed by atoms with van der Waals surface area (Å²) in [7, 11) is 1.72. The second kappa shape index (κ2) is 6.39. The van der Waals surface area contributed by atoms with E-state index in [1.807, 2.05) is 10.9 Å². The molecule has 1 fully saturated rings. The molecule has 2 heterocycles. The van der Waals surface area contributed by atoms with Crippen molar-refractivity contribution < 1.29 is 4.74 Å². The van der Waals surface area contributed by atoms with Crippen molar-refractivity contribution in [2.75, 3.05) is 38.3 Å². The molecule has 0 aliphatic carbocycles. The Bertz CT molecular complexity index is 387. The van der Waals surface area contributed by atoms with E-state index in [-0.39, 0.29) is 5.54 Å². The second-order valence-electron chi connectivity index (χ2n) is 5.29. The third-order valence-electron chi connectivity index (χ3n) is 4.24. The summed E-state index contributed by atoms with van der Waals surface area (Å²) >= 11 is 0. The predicted molar refractivity (Wildman–Crippen MR) is 77.6 cm³/mol. The van der Waals surface area contributed by atoms with E-state index in [1.165, 1.54) is 5.69 Å². The quantitative estimate of drug-likeness (QED) is 0.847. The molecule has 0 bridgehead atoms. The molecule has 108 valence electrons. The maximum atomic E-state index is 5.08. The van der Waals surface area contributed by atoms with Crippen molar-refractivity contribution in [2.45, 2.75) is 38.8 Å². The van der Waals surface area contributed by atoms with Gasteiger partial charge in [0.25, 0.3) is 0 Å². The lowest BCUT2D eigenvalue weighted by molar-refractivity contribution is 0.183. The van der Waals surface area contributed by atoms with E-state index in [9.17, 15) is 0 Å². The Morgan fingerprint density at radius 2 is 2.21 bits per heavy atom. The minimum atomic E-state index is 0.257. The molecule has 0 atom stereocenters. The standard InChI is InChI=1S/C14H26N4O/c1-4-14(5-2)12-17(7-6-15-14)13-10-16-18(11-13)8-9-19-3/h10-11,15H,4-9,12H2,1-3H3. The summed E-state index contributed by atoms with van der Waals surface area (Å²) in [4.78, 5) is 2.44. The fourth-order valence-corrected chi connectivity index (χ4v) is 2.72. The summed E-state index contributed by atoms with van der Waals surface area (Å²) in [6.45, 7) is 9.22. The van der Waals surface area contributed by atoms with Gasteiger partial charge in [-0.05, 0) is 12.8 Å². The molecule has 2 rings (SSSR count). The van der Waals surface area contributed by atoms with Crippen molar-refractivity contribution in [3.8, 4) is 0 Å². The summed E-state index contributed by atoms with van der Waals surface area (Å²) in [5.74, 6) is 0. The fourth-order valence-electron chi connectivity index (χ4n) is 2.72. The van der Waals surface area contributed by atoms with E-state index >= 15 is 0 Å². The average molecular weight is 266 g/mol. The summed E-state index contributed by atoms with van der Waals surface area (Å²) in [6.07, 6.45) is 6.42. The van der Waals surface area contributed by atoms with Crippen molar-refractivity contribution in [2.24, 2.45) is 0 Å². The smallest absolute Gasteiger partial charge is 0.0753 e. The molecule has 5 heteroatoms. The minimum absolute atomic E-state index is 0.257. The highest BCUT2D eigenvalue weighted by molar-refractivity contribution is 5.43. The van der Waals surface area contributed by atoms with E-state index in [0.29, 0.717) is 6.61 Å². The monoisotopic (exact) mass is 266 g/mol. The molecule has 0 spiro atoms. The number of anilines is 1. The number of rotatable bonds is 6.